The first-order chi connectivity index (χ1) is 14.5. The Labute approximate surface area is 180 Å². The second-order valence-corrected chi connectivity index (χ2v) is 9.02. The predicted molar refractivity (Wildman–Crippen MR) is 116 cm³/mol. The molecule has 0 N–H and O–H groups in total. The molecule has 2 aromatic carbocycles. The fourth-order valence-corrected chi connectivity index (χ4v) is 5.66. The van der Waals surface area contributed by atoms with E-state index in [0.29, 0.717) is 17.9 Å². The molecule has 0 radical (unpaired) electrons. The molecule has 1 saturated heterocycles. The van der Waals surface area contributed by atoms with E-state index in [1.165, 1.54) is 19.2 Å². The molecule has 6 heteroatoms. The monoisotopic (exact) mass is 425 g/mol. The number of rotatable bonds is 4. The van der Waals surface area contributed by atoms with Crippen molar-refractivity contribution in [2.24, 2.45) is 5.92 Å². The summed E-state index contributed by atoms with van der Waals surface area (Å²) in [6, 6.07) is 16.0. The molecule has 1 aliphatic heterocycles. The van der Waals surface area contributed by atoms with Crippen molar-refractivity contribution < 1.29 is 18.7 Å². The first-order valence-electron chi connectivity index (χ1n) is 10.1. The van der Waals surface area contributed by atoms with Gasteiger partial charge in [-0.15, -0.1) is 11.8 Å². The molecule has 1 amide bonds. The van der Waals surface area contributed by atoms with Gasteiger partial charge in [0.05, 0.1) is 17.9 Å². The maximum absolute atomic E-state index is 13.4. The molecular formula is C24H24FNO3S. The summed E-state index contributed by atoms with van der Waals surface area (Å²) < 4.78 is 18.3. The number of methoxy groups -OCH3 is 1. The van der Waals surface area contributed by atoms with Gasteiger partial charge in [-0.1, -0.05) is 42.5 Å². The fourth-order valence-electron chi connectivity index (χ4n) is 4.24. The number of ether oxygens (including phenoxy) is 1. The van der Waals surface area contributed by atoms with Gasteiger partial charge >= 0.3 is 5.97 Å². The summed E-state index contributed by atoms with van der Waals surface area (Å²) in [5.74, 6) is -0.747. The number of benzene rings is 2. The molecule has 4 rings (SSSR count). The Bertz CT molecular complexity index is 945. The standard InChI is InChI=1S/C24H24FNO3S/c1-29-24(28)18-9-12-21-20(14-18)26(15-17-7-10-19(25)11-8-17)23(27)22(30-21)13-16-5-3-2-4-6-16/h2-8,10-11,13,18,20-21H,9,12,14-15H2,1H3/b22-13+. The van der Waals surface area contributed by atoms with E-state index in [4.69, 9.17) is 4.74 Å². The lowest BCUT2D eigenvalue weighted by atomic mass is 9.84. The van der Waals surface area contributed by atoms with Crippen molar-refractivity contribution in [2.75, 3.05) is 7.11 Å². The molecule has 1 saturated carbocycles. The largest absolute Gasteiger partial charge is 0.469 e. The maximum atomic E-state index is 13.4. The Morgan fingerprint density at radius 1 is 1.17 bits per heavy atom. The van der Waals surface area contributed by atoms with Crippen LogP contribution in [0.15, 0.2) is 59.5 Å². The second-order valence-electron chi connectivity index (χ2n) is 7.74. The van der Waals surface area contributed by atoms with Crippen LogP contribution in [0.1, 0.15) is 30.4 Å². The number of hydrogen-bond acceptors (Lipinski definition) is 4. The SMILES string of the molecule is COC(=O)C1CCC2S/C(=C/c3ccccc3)C(=O)N(Cc3ccc(F)cc3)C2C1. The van der Waals surface area contributed by atoms with Gasteiger partial charge in [0.2, 0.25) is 0 Å². The highest BCUT2D eigenvalue weighted by atomic mass is 32.2. The summed E-state index contributed by atoms with van der Waals surface area (Å²) in [7, 11) is 1.41. The molecule has 3 unspecified atom stereocenters. The van der Waals surface area contributed by atoms with Crippen LogP contribution in [0.25, 0.3) is 6.08 Å². The number of thioether (sulfide) groups is 1. The van der Waals surface area contributed by atoms with Gasteiger partial charge < -0.3 is 9.64 Å². The lowest BCUT2D eigenvalue weighted by Crippen LogP contribution is -2.53. The minimum atomic E-state index is -0.301. The minimum Gasteiger partial charge on any atom is -0.469 e. The third-order valence-electron chi connectivity index (χ3n) is 5.80. The van der Waals surface area contributed by atoms with Crippen LogP contribution in [0.4, 0.5) is 4.39 Å². The van der Waals surface area contributed by atoms with Crippen molar-refractivity contribution in [2.45, 2.75) is 37.1 Å². The quantitative estimate of drug-likeness (QED) is 0.528. The van der Waals surface area contributed by atoms with Gasteiger partial charge in [0.15, 0.2) is 0 Å². The number of nitrogens with zero attached hydrogens (tertiary/aromatic N) is 1. The Hall–Kier alpha value is -2.60. The van der Waals surface area contributed by atoms with Crippen LogP contribution in [-0.4, -0.2) is 35.2 Å². The molecule has 0 aromatic heterocycles. The molecule has 0 spiro atoms. The topological polar surface area (TPSA) is 46.6 Å². The molecule has 4 nitrogen and oxygen atoms in total. The predicted octanol–water partition coefficient (Wildman–Crippen LogP) is 4.65. The summed E-state index contributed by atoms with van der Waals surface area (Å²) in [6.07, 6.45) is 4.13. The highest BCUT2D eigenvalue weighted by molar-refractivity contribution is 8.04. The van der Waals surface area contributed by atoms with Crippen LogP contribution < -0.4 is 0 Å². The van der Waals surface area contributed by atoms with Crippen molar-refractivity contribution in [3.63, 3.8) is 0 Å². The third kappa shape index (κ3) is 4.43. The average molecular weight is 426 g/mol. The average Bonchev–Trinajstić information content (AvgIpc) is 2.78. The molecular weight excluding hydrogens is 401 g/mol. The Kier molecular flexibility index (Phi) is 6.23. The fraction of sp³-hybridized carbons (Fsp3) is 0.333. The summed E-state index contributed by atoms with van der Waals surface area (Å²) in [4.78, 5) is 28.2. The first-order valence-corrected chi connectivity index (χ1v) is 11.0. The molecule has 3 atom stereocenters. The zero-order valence-corrected chi connectivity index (χ0v) is 17.6. The highest BCUT2D eigenvalue weighted by Gasteiger charge is 2.44. The number of carbonyl (C=O) groups is 2. The van der Waals surface area contributed by atoms with Gasteiger partial charge in [0.25, 0.3) is 5.91 Å². The lowest BCUT2D eigenvalue weighted by molar-refractivity contribution is -0.148. The van der Waals surface area contributed by atoms with Gasteiger partial charge in [-0.05, 0) is 48.6 Å². The molecule has 2 aliphatic rings. The van der Waals surface area contributed by atoms with E-state index in [9.17, 15) is 14.0 Å². The van der Waals surface area contributed by atoms with Crippen molar-refractivity contribution in [3.05, 3.63) is 76.4 Å². The molecule has 156 valence electrons. The van der Waals surface area contributed by atoms with E-state index in [1.807, 2.05) is 41.3 Å². The smallest absolute Gasteiger partial charge is 0.308 e. The zero-order valence-electron chi connectivity index (χ0n) is 16.8. The Morgan fingerprint density at radius 3 is 2.60 bits per heavy atom. The number of hydrogen-bond donors (Lipinski definition) is 0. The number of fused-ring (bicyclic) bond motifs is 1. The first kappa shape index (κ1) is 20.7. The lowest BCUT2D eigenvalue weighted by Gasteiger charge is -2.45. The summed E-state index contributed by atoms with van der Waals surface area (Å²) >= 11 is 1.61. The number of amides is 1. The normalized spacial score (nSPS) is 25.1. The second kappa shape index (κ2) is 9.04. The highest BCUT2D eigenvalue weighted by Crippen LogP contribution is 2.44. The molecule has 2 aromatic rings. The summed E-state index contributed by atoms with van der Waals surface area (Å²) in [6.45, 7) is 0.390. The maximum Gasteiger partial charge on any atom is 0.308 e. The van der Waals surface area contributed by atoms with Crippen LogP contribution in [0, 0.1) is 11.7 Å². The van der Waals surface area contributed by atoms with E-state index in [1.54, 1.807) is 23.9 Å². The van der Waals surface area contributed by atoms with E-state index < -0.39 is 0 Å². The number of esters is 1. The van der Waals surface area contributed by atoms with Crippen LogP contribution in [0.3, 0.4) is 0 Å². The Balaban J connectivity index is 1.64. The molecule has 30 heavy (non-hydrogen) atoms. The van der Waals surface area contributed by atoms with Gasteiger partial charge in [0, 0.05) is 17.8 Å². The van der Waals surface area contributed by atoms with Crippen LogP contribution in [0.5, 0.6) is 0 Å². The molecule has 2 fully saturated rings. The van der Waals surface area contributed by atoms with E-state index in [2.05, 4.69) is 0 Å². The van der Waals surface area contributed by atoms with Crippen molar-refractivity contribution in [1.29, 1.82) is 0 Å². The van der Waals surface area contributed by atoms with Crippen molar-refractivity contribution in [1.82, 2.24) is 4.90 Å². The summed E-state index contributed by atoms with van der Waals surface area (Å²) in [5.41, 5.74) is 1.85. The molecule has 0 bridgehead atoms. The molecule has 1 heterocycles. The minimum absolute atomic E-state index is 0.0417. The van der Waals surface area contributed by atoms with E-state index in [-0.39, 0.29) is 34.9 Å². The number of halogens is 1. The van der Waals surface area contributed by atoms with E-state index in [0.717, 1.165) is 24.0 Å². The van der Waals surface area contributed by atoms with Crippen molar-refractivity contribution in [3.8, 4) is 0 Å². The van der Waals surface area contributed by atoms with Gasteiger partial charge in [0.1, 0.15) is 5.82 Å². The third-order valence-corrected chi connectivity index (χ3v) is 7.20. The van der Waals surface area contributed by atoms with Crippen LogP contribution in [-0.2, 0) is 20.9 Å². The summed E-state index contributed by atoms with van der Waals surface area (Å²) in [5, 5.41) is 0.221. The van der Waals surface area contributed by atoms with E-state index >= 15 is 0 Å². The zero-order chi connectivity index (χ0) is 21.1. The Morgan fingerprint density at radius 2 is 1.90 bits per heavy atom. The van der Waals surface area contributed by atoms with Crippen LogP contribution in [0.2, 0.25) is 0 Å². The van der Waals surface area contributed by atoms with Gasteiger partial charge in [-0.3, -0.25) is 9.59 Å². The molecule has 1 aliphatic carbocycles. The van der Waals surface area contributed by atoms with Crippen LogP contribution >= 0.6 is 11.8 Å². The van der Waals surface area contributed by atoms with Gasteiger partial charge in [-0.25, -0.2) is 4.39 Å². The number of carbonyl (C=O) groups excluding carboxylic acids is 2. The van der Waals surface area contributed by atoms with Gasteiger partial charge in [-0.2, -0.15) is 0 Å². The van der Waals surface area contributed by atoms with Crippen molar-refractivity contribution >= 4 is 29.7 Å².